The van der Waals surface area contributed by atoms with Crippen molar-refractivity contribution in [2.45, 2.75) is 6.29 Å². The van der Waals surface area contributed by atoms with Gasteiger partial charge >= 0.3 is 0 Å². The molecule has 0 aliphatic rings. The molecule has 0 N–H and O–H groups in total. The van der Waals surface area contributed by atoms with Crippen LogP contribution in [0.3, 0.4) is 0 Å². The van der Waals surface area contributed by atoms with Gasteiger partial charge < -0.3 is 9.47 Å². The molecule has 1 atom stereocenters. The molecule has 3 rings (SSSR count). The van der Waals surface area contributed by atoms with Crippen LogP contribution in [0.4, 0.5) is 0 Å². The summed E-state index contributed by atoms with van der Waals surface area (Å²) in [6.45, 7) is 0. The fourth-order valence-electron chi connectivity index (χ4n) is 2.33. The molecule has 0 saturated carbocycles. The van der Waals surface area contributed by atoms with Crippen LogP contribution in [0.5, 0.6) is 5.75 Å². The Kier molecular flexibility index (Phi) is 4.52. The average molecular weight is 289 g/mol. The maximum absolute atomic E-state index is 6.08. The summed E-state index contributed by atoms with van der Waals surface area (Å²) in [6.07, 6.45) is -0.445. The minimum atomic E-state index is -0.445. The number of methoxy groups -OCH3 is 1. The summed E-state index contributed by atoms with van der Waals surface area (Å²) in [4.78, 5) is 0. The van der Waals surface area contributed by atoms with E-state index in [0.717, 1.165) is 22.4 Å². The summed E-state index contributed by atoms with van der Waals surface area (Å²) >= 11 is 0. The van der Waals surface area contributed by atoms with Crippen molar-refractivity contribution in [2.75, 3.05) is 7.11 Å². The number of benzene rings is 3. The van der Waals surface area contributed by atoms with Gasteiger partial charge in [0.1, 0.15) is 5.75 Å². The van der Waals surface area contributed by atoms with Gasteiger partial charge in [0, 0.05) is 18.2 Å². The van der Waals surface area contributed by atoms with Crippen LogP contribution in [0.2, 0.25) is 0 Å². The van der Waals surface area contributed by atoms with Crippen LogP contribution in [0, 0.1) is 6.07 Å². The third kappa shape index (κ3) is 3.18. The van der Waals surface area contributed by atoms with E-state index in [1.54, 1.807) is 7.11 Å². The topological polar surface area (TPSA) is 18.5 Å². The van der Waals surface area contributed by atoms with Gasteiger partial charge in [-0.2, -0.15) is 0 Å². The predicted molar refractivity (Wildman–Crippen MR) is 87.5 cm³/mol. The Hall–Kier alpha value is -2.58. The van der Waals surface area contributed by atoms with Gasteiger partial charge in [-0.3, -0.25) is 0 Å². The Labute approximate surface area is 131 Å². The smallest absolute Gasteiger partial charge is 0.226 e. The van der Waals surface area contributed by atoms with Crippen molar-refractivity contribution in [1.82, 2.24) is 0 Å². The molecule has 22 heavy (non-hydrogen) atoms. The molecule has 1 unspecified atom stereocenters. The highest BCUT2D eigenvalue weighted by Crippen LogP contribution is 2.32. The van der Waals surface area contributed by atoms with Crippen LogP contribution in [0.1, 0.15) is 11.9 Å². The largest absolute Gasteiger partial charge is 0.460 e. The van der Waals surface area contributed by atoms with E-state index in [4.69, 9.17) is 9.47 Å². The normalized spacial score (nSPS) is 11.9. The van der Waals surface area contributed by atoms with E-state index in [0.29, 0.717) is 0 Å². The Morgan fingerprint density at radius 2 is 1.50 bits per heavy atom. The van der Waals surface area contributed by atoms with Gasteiger partial charge in [0.25, 0.3) is 0 Å². The molecule has 3 aromatic carbocycles. The van der Waals surface area contributed by atoms with E-state index in [1.807, 2.05) is 78.9 Å². The molecule has 0 spiro atoms. The fraction of sp³-hybridized carbons (Fsp3) is 0.100. The van der Waals surface area contributed by atoms with Crippen molar-refractivity contribution in [2.24, 2.45) is 0 Å². The van der Waals surface area contributed by atoms with Crippen molar-refractivity contribution < 1.29 is 9.47 Å². The van der Waals surface area contributed by atoms with Gasteiger partial charge in [0.15, 0.2) is 0 Å². The summed E-state index contributed by atoms with van der Waals surface area (Å²) < 4.78 is 11.6. The second kappa shape index (κ2) is 6.92. The zero-order valence-electron chi connectivity index (χ0n) is 12.4. The first kappa shape index (κ1) is 14.4. The standard InChI is InChI=1S/C20H17O2/c1-21-20(17-12-6-3-7-13-17)22-19-15-9-8-14-18(19)16-10-4-2-5-11-16/h2-13,15,20H,1H3. The molecule has 109 valence electrons. The van der Waals surface area contributed by atoms with Crippen LogP contribution in [-0.4, -0.2) is 7.11 Å². The van der Waals surface area contributed by atoms with E-state index in [9.17, 15) is 0 Å². The van der Waals surface area contributed by atoms with Crippen molar-refractivity contribution in [1.29, 1.82) is 0 Å². The molecule has 0 amide bonds. The van der Waals surface area contributed by atoms with E-state index in [-0.39, 0.29) is 0 Å². The first-order valence-corrected chi connectivity index (χ1v) is 7.19. The second-order valence-corrected chi connectivity index (χ2v) is 4.87. The minimum absolute atomic E-state index is 0.445. The van der Waals surface area contributed by atoms with Gasteiger partial charge in [-0.1, -0.05) is 72.8 Å². The summed E-state index contributed by atoms with van der Waals surface area (Å²) in [5, 5.41) is 0. The van der Waals surface area contributed by atoms with Crippen LogP contribution >= 0.6 is 0 Å². The second-order valence-electron chi connectivity index (χ2n) is 4.87. The lowest BCUT2D eigenvalue weighted by Crippen LogP contribution is -2.10. The molecule has 2 heteroatoms. The van der Waals surface area contributed by atoms with Crippen LogP contribution in [0.15, 0.2) is 78.9 Å². The monoisotopic (exact) mass is 289 g/mol. The van der Waals surface area contributed by atoms with Crippen molar-refractivity contribution in [3.05, 3.63) is 90.5 Å². The van der Waals surface area contributed by atoms with Gasteiger partial charge in [-0.05, 0) is 17.7 Å². The van der Waals surface area contributed by atoms with Gasteiger partial charge in [-0.25, -0.2) is 0 Å². The first-order valence-electron chi connectivity index (χ1n) is 7.19. The number of hydrogen-bond acceptors (Lipinski definition) is 2. The van der Waals surface area contributed by atoms with Crippen LogP contribution < -0.4 is 4.74 Å². The van der Waals surface area contributed by atoms with Crippen molar-refractivity contribution >= 4 is 0 Å². The molecule has 1 radical (unpaired) electrons. The lowest BCUT2D eigenvalue weighted by atomic mass is 10.0. The maximum Gasteiger partial charge on any atom is 0.226 e. The van der Waals surface area contributed by atoms with Crippen molar-refractivity contribution in [3.8, 4) is 16.9 Å². The first-order chi connectivity index (χ1) is 10.9. The van der Waals surface area contributed by atoms with Gasteiger partial charge in [0.05, 0.1) is 0 Å². The number of rotatable bonds is 5. The Morgan fingerprint density at radius 3 is 2.18 bits per heavy atom. The Morgan fingerprint density at radius 1 is 0.818 bits per heavy atom. The molecule has 0 saturated heterocycles. The number of hydrogen-bond donors (Lipinski definition) is 0. The molecule has 2 nitrogen and oxygen atoms in total. The van der Waals surface area contributed by atoms with Crippen LogP contribution in [0.25, 0.3) is 11.1 Å². The summed E-state index contributed by atoms with van der Waals surface area (Å²) in [5.74, 6) is 0.754. The maximum atomic E-state index is 6.08. The lowest BCUT2D eigenvalue weighted by Gasteiger charge is -2.19. The third-order valence-electron chi connectivity index (χ3n) is 3.40. The van der Waals surface area contributed by atoms with E-state index in [1.165, 1.54) is 0 Å². The summed E-state index contributed by atoms with van der Waals surface area (Å²) in [7, 11) is 1.65. The fourth-order valence-corrected chi connectivity index (χ4v) is 2.33. The summed E-state index contributed by atoms with van der Waals surface area (Å²) in [5.41, 5.74) is 2.98. The molecule has 0 aliphatic heterocycles. The van der Waals surface area contributed by atoms with E-state index >= 15 is 0 Å². The summed E-state index contributed by atoms with van der Waals surface area (Å²) in [6, 6.07) is 29.0. The Balaban J connectivity index is 1.92. The lowest BCUT2D eigenvalue weighted by molar-refractivity contribution is -0.0558. The molecular formula is C20H17O2. The highest BCUT2D eigenvalue weighted by molar-refractivity contribution is 5.69. The Bertz CT molecular complexity index is 708. The molecule has 0 bridgehead atoms. The highest BCUT2D eigenvalue weighted by atomic mass is 16.7. The molecule has 0 aromatic heterocycles. The quantitative estimate of drug-likeness (QED) is 0.623. The van der Waals surface area contributed by atoms with Gasteiger partial charge in [0.2, 0.25) is 6.29 Å². The SMILES string of the molecule is COC(Oc1ccc[c]c1-c1ccccc1)c1ccccc1. The minimum Gasteiger partial charge on any atom is -0.460 e. The molecular weight excluding hydrogens is 272 g/mol. The zero-order valence-corrected chi connectivity index (χ0v) is 12.4. The zero-order chi connectivity index (χ0) is 15.2. The highest BCUT2D eigenvalue weighted by Gasteiger charge is 2.14. The predicted octanol–water partition coefficient (Wildman–Crippen LogP) is 4.88. The molecule has 0 fully saturated rings. The molecule has 0 aliphatic carbocycles. The average Bonchev–Trinajstić information content (AvgIpc) is 2.61. The van der Waals surface area contributed by atoms with Gasteiger partial charge in [-0.15, -0.1) is 0 Å². The molecule has 3 aromatic rings. The van der Waals surface area contributed by atoms with Crippen LogP contribution in [-0.2, 0) is 4.74 Å². The third-order valence-corrected chi connectivity index (χ3v) is 3.40. The number of ether oxygens (including phenoxy) is 2. The van der Waals surface area contributed by atoms with E-state index < -0.39 is 6.29 Å². The van der Waals surface area contributed by atoms with Crippen molar-refractivity contribution in [3.63, 3.8) is 0 Å². The molecule has 0 heterocycles. The van der Waals surface area contributed by atoms with E-state index in [2.05, 4.69) is 6.07 Å².